The van der Waals surface area contributed by atoms with E-state index in [0.29, 0.717) is 6.54 Å². The molecule has 1 aromatic carbocycles. The molecular weight excluding hydrogens is 290 g/mol. The van der Waals surface area contributed by atoms with E-state index in [4.69, 9.17) is 0 Å². The summed E-state index contributed by atoms with van der Waals surface area (Å²) in [6.45, 7) is 2.42. The fourth-order valence-electron chi connectivity index (χ4n) is 3.01. The van der Waals surface area contributed by atoms with Crippen LogP contribution in [0.15, 0.2) is 59.5 Å². The summed E-state index contributed by atoms with van der Waals surface area (Å²) in [4.78, 5) is 28.7. The summed E-state index contributed by atoms with van der Waals surface area (Å²) < 4.78 is 1.46. The van der Waals surface area contributed by atoms with Gasteiger partial charge in [0.05, 0.1) is 6.04 Å². The molecule has 2 aromatic rings. The first-order valence-corrected chi connectivity index (χ1v) is 7.83. The molecule has 120 valence electrons. The average molecular weight is 311 g/mol. The molecule has 1 amide bonds. The number of hydrogen-bond acceptors (Lipinski definition) is 3. The van der Waals surface area contributed by atoms with E-state index in [2.05, 4.69) is 24.1 Å². The van der Waals surface area contributed by atoms with Crippen LogP contribution < -0.4 is 5.56 Å². The Morgan fingerprint density at radius 1 is 1.09 bits per heavy atom. The van der Waals surface area contributed by atoms with Crippen LogP contribution in [0.25, 0.3) is 0 Å². The van der Waals surface area contributed by atoms with Crippen LogP contribution in [0.5, 0.6) is 0 Å². The number of amides is 1. The average Bonchev–Trinajstić information content (AvgIpc) is 2.57. The number of benzene rings is 1. The molecule has 23 heavy (non-hydrogen) atoms. The molecular formula is C18H21N3O2. The zero-order valence-electron chi connectivity index (χ0n) is 13.3. The van der Waals surface area contributed by atoms with Gasteiger partial charge in [0, 0.05) is 31.9 Å². The highest BCUT2D eigenvalue weighted by Crippen LogP contribution is 2.25. The molecule has 0 radical (unpaired) electrons. The van der Waals surface area contributed by atoms with Gasteiger partial charge in [-0.2, -0.15) is 0 Å². The maximum Gasteiger partial charge on any atom is 0.250 e. The smallest absolute Gasteiger partial charge is 0.250 e. The summed E-state index contributed by atoms with van der Waals surface area (Å²) in [5.74, 6) is -0.0137. The first-order valence-electron chi connectivity index (χ1n) is 7.83. The fourth-order valence-corrected chi connectivity index (χ4v) is 3.01. The molecule has 0 spiro atoms. The minimum atomic E-state index is -0.147. The van der Waals surface area contributed by atoms with E-state index in [1.165, 1.54) is 10.6 Å². The van der Waals surface area contributed by atoms with Gasteiger partial charge < -0.3 is 14.4 Å². The topological polar surface area (TPSA) is 45.5 Å². The van der Waals surface area contributed by atoms with Gasteiger partial charge in [-0.25, -0.2) is 0 Å². The molecule has 0 aliphatic carbocycles. The lowest BCUT2D eigenvalue weighted by Crippen LogP contribution is -2.50. The van der Waals surface area contributed by atoms with Crippen LogP contribution >= 0.6 is 0 Å². The van der Waals surface area contributed by atoms with Crippen molar-refractivity contribution in [3.8, 4) is 0 Å². The minimum absolute atomic E-state index is 0.0137. The molecule has 5 nitrogen and oxygen atoms in total. The second-order valence-electron chi connectivity index (χ2n) is 5.94. The van der Waals surface area contributed by atoms with Gasteiger partial charge in [-0.05, 0) is 18.7 Å². The van der Waals surface area contributed by atoms with Gasteiger partial charge in [-0.15, -0.1) is 0 Å². The number of pyridine rings is 1. The molecule has 1 fully saturated rings. The Labute approximate surface area is 135 Å². The van der Waals surface area contributed by atoms with Gasteiger partial charge in [-0.3, -0.25) is 9.59 Å². The SMILES string of the molecule is CN1CCN(C(=O)Cn2ccccc2=O)C(c2ccccc2)C1. The van der Waals surface area contributed by atoms with Gasteiger partial charge in [0.25, 0.3) is 5.56 Å². The summed E-state index contributed by atoms with van der Waals surface area (Å²) in [7, 11) is 2.07. The van der Waals surface area contributed by atoms with Gasteiger partial charge >= 0.3 is 0 Å². The minimum Gasteiger partial charge on any atom is -0.332 e. The molecule has 1 unspecified atom stereocenters. The van der Waals surface area contributed by atoms with E-state index in [0.717, 1.165) is 18.7 Å². The highest BCUT2D eigenvalue weighted by Gasteiger charge is 2.30. The first-order chi connectivity index (χ1) is 11.1. The van der Waals surface area contributed by atoms with Crippen molar-refractivity contribution in [1.29, 1.82) is 0 Å². The molecule has 3 rings (SSSR count). The molecule has 5 heteroatoms. The number of piperazine rings is 1. The van der Waals surface area contributed by atoms with E-state index < -0.39 is 0 Å². The van der Waals surface area contributed by atoms with E-state index in [1.54, 1.807) is 18.3 Å². The third-order valence-corrected chi connectivity index (χ3v) is 4.29. The van der Waals surface area contributed by atoms with Gasteiger partial charge in [0.2, 0.25) is 5.91 Å². The van der Waals surface area contributed by atoms with Gasteiger partial charge in [0.1, 0.15) is 6.54 Å². The standard InChI is InChI=1S/C18H21N3O2/c1-19-11-12-21(16(13-19)15-7-3-2-4-8-15)18(23)14-20-10-6-5-9-17(20)22/h2-10,16H,11-14H2,1H3. The van der Waals surface area contributed by atoms with Crippen molar-refractivity contribution in [2.24, 2.45) is 0 Å². The maximum absolute atomic E-state index is 12.8. The Bertz CT molecular complexity index is 726. The number of carbonyl (C=O) groups excluding carboxylic acids is 1. The summed E-state index contributed by atoms with van der Waals surface area (Å²) >= 11 is 0. The van der Waals surface area contributed by atoms with Gasteiger partial charge in [0.15, 0.2) is 0 Å². The predicted molar refractivity (Wildman–Crippen MR) is 89.1 cm³/mol. The van der Waals surface area contributed by atoms with Crippen LogP contribution in [0.3, 0.4) is 0 Å². The lowest BCUT2D eigenvalue weighted by Gasteiger charge is -2.40. The van der Waals surface area contributed by atoms with Crippen LogP contribution in [0.2, 0.25) is 0 Å². The molecule has 1 aliphatic rings. The van der Waals surface area contributed by atoms with E-state index in [-0.39, 0.29) is 24.1 Å². The summed E-state index contributed by atoms with van der Waals surface area (Å²) in [6.07, 6.45) is 1.66. The first kappa shape index (κ1) is 15.5. The largest absolute Gasteiger partial charge is 0.332 e. The Balaban J connectivity index is 1.82. The van der Waals surface area contributed by atoms with Gasteiger partial charge in [-0.1, -0.05) is 36.4 Å². The number of aromatic nitrogens is 1. The van der Waals surface area contributed by atoms with Crippen LogP contribution in [0.1, 0.15) is 11.6 Å². The molecule has 1 aromatic heterocycles. The zero-order chi connectivity index (χ0) is 16.2. The quantitative estimate of drug-likeness (QED) is 0.860. The molecule has 0 N–H and O–H groups in total. The zero-order valence-corrected chi connectivity index (χ0v) is 13.3. The molecule has 0 saturated carbocycles. The van der Waals surface area contributed by atoms with Crippen molar-refractivity contribution < 1.29 is 4.79 Å². The third kappa shape index (κ3) is 3.51. The highest BCUT2D eigenvalue weighted by molar-refractivity contribution is 5.76. The van der Waals surface area contributed by atoms with Crippen molar-refractivity contribution in [3.05, 3.63) is 70.6 Å². The fraction of sp³-hybridized carbons (Fsp3) is 0.333. The molecule has 0 bridgehead atoms. The van der Waals surface area contributed by atoms with Crippen molar-refractivity contribution in [1.82, 2.24) is 14.4 Å². The number of rotatable bonds is 3. The van der Waals surface area contributed by atoms with Crippen LogP contribution in [0, 0.1) is 0 Å². The number of nitrogens with zero attached hydrogens (tertiary/aromatic N) is 3. The van der Waals surface area contributed by atoms with E-state index in [9.17, 15) is 9.59 Å². The van der Waals surface area contributed by atoms with Crippen molar-refractivity contribution in [2.45, 2.75) is 12.6 Å². The Morgan fingerprint density at radius 2 is 1.83 bits per heavy atom. The van der Waals surface area contributed by atoms with Crippen LogP contribution in [-0.2, 0) is 11.3 Å². The summed E-state index contributed by atoms with van der Waals surface area (Å²) in [6, 6.07) is 15.0. The van der Waals surface area contributed by atoms with E-state index in [1.807, 2.05) is 23.1 Å². The van der Waals surface area contributed by atoms with Crippen molar-refractivity contribution >= 4 is 5.91 Å². The number of hydrogen-bond donors (Lipinski definition) is 0. The van der Waals surface area contributed by atoms with Crippen molar-refractivity contribution in [2.75, 3.05) is 26.7 Å². The lowest BCUT2D eigenvalue weighted by molar-refractivity contribution is -0.136. The number of carbonyl (C=O) groups is 1. The predicted octanol–water partition coefficient (Wildman–Crippen LogP) is 1.36. The lowest BCUT2D eigenvalue weighted by atomic mass is 10.0. The van der Waals surface area contributed by atoms with E-state index >= 15 is 0 Å². The molecule has 1 aliphatic heterocycles. The summed E-state index contributed by atoms with van der Waals surface area (Å²) in [5, 5.41) is 0. The monoisotopic (exact) mass is 311 g/mol. The Kier molecular flexibility index (Phi) is 4.57. The third-order valence-electron chi connectivity index (χ3n) is 4.29. The second-order valence-corrected chi connectivity index (χ2v) is 5.94. The van der Waals surface area contributed by atoms with Crippen LogP contribution in [-0.4, -0.2) is 47.0 Å². The van der Waals surface area contributed by atoms with Crippen LogP contribution in [0.4, 0.5) is 0 Å². The molecule has 1 saturated heterocycles. The Hall–Kier alpha value is -2.40. The normalized spacial score (nSPS) is 18.8. The Morgan fingerprint density at radius 3 is 2.57 bits per heavy atom. The maximum atomic E-state index is 12.8. The van der Waals surface area contributed by atoms with Crippen molar-refractivity contribution in [3.63, 3.8) is 0 Å². The second kappa shape index (κ2) is 6.79. The summed E-state index contributed by atoms with van der Waals surface area (Å²) in [5.41, 5.74) is 0.985. The molecule has 2 heterocycles. The number of likely N-dealkylation sites (N-methyl/N-ethyl adjacent to an activating group) is 1. The highest BCUT2D eigenvalue weighted by atomic mass is 16.2. The molecule has 1 atom stereocenters.